The summed E-state index contributed by atoms with van der Waals surface area (Å²) in [5, 5.41) is 1.00. The summed E-state index contributed by atoms with van der Waals surface area (Å²) in [5.41, 5.74) is 2.81. The summed E-state index contributed by atoms with van der Waals surface area (Å²) in [6, 6.07) is 8.57. The van der Waals surface area contributed by atoms with Crippen LogP contribution in [0.4, 0.5) is 0 Å². The molecule has 1 unspecified atom stereocenters. The van der Waals surface area contributed by atoms with Crippen molar-refractivity contribution in [2.45, 2.75) is 20.3 Å². The van der Waals surface area contributed by atoms with E-state index in [1.54, 1.807) is 0 Å². The molecular formula is C13H19BrO. The summed E-state index contributed by atoms with van der Waals surface area (Å²) in [7, 11) is 0. The molecule has 2 heteroatoms. The van der Waals surface area contributed by atoms with Crippen LogP contribution in [0.2, 0.25) is 0 Å². The third kappa shape index (κ3) is 4.35. The monoisotopic (exact) mass is 270 g/mol. The second-order valence-electron chi connectivity index (χ2n) is 3.81. The Morgan fingerprint density at radius 1 is 1.33 bits per heavy atom. The molecule has 0 amide bonds. The van der Waals surface area contributed by atoms with E-state index < -0.39 is 0 Å². The highest BCUT2D eigenvalue weighted by atomic mass is 79.9. The van der Waals surface area contributed by atoms with Gasteiger partial charge in [0.2, 0.25) is 0 Å². The first-order chi connectivity index (χ1) is 7.27. The summed E-state index contributed by atoms with van der Waals surface area (Å²) in [4.78, 5) is 0. The summed E-state index contributed by atoms with van der Waals surface area (Å²) in [6.07, 6.45) is 1.10. The fourth-order valence-corrected chi connectivity index (χ4v) is 2.01. The maximum absolute atomic E-state index is 5.47. The van der Waals surface area contributed by atoms with Crippen molar-refractivity contribution in [3.63, 3.8) is 0 Å². The van der Waals surface area contributed by atoms with Gasteiger partial charge < -0.3 is 4.74 Å². The molecule has 0 bridgehead atoms. The molecule has 1 atom stereocenters. The number of benzene rings is 1. The molecule has 0 spiro atoms. The molecule has 0 aliphatic heterocycles. The number of aryl methyl sites for hydroxylation is 1. The second kappa shape index (κ2) is 7.02. The minimum Gasteiger partial charge on any atom is -0.381 e. The lowest BCUT2D eigenvalue weighted by Gasteiger charge is -2.15. The molecule has 15 heavy (non-hydrogen) atoms. The Labute approximate surface area is 101 Å². The highest BCUT2D eigenvalue weighted by molar-refractivity contribution is 9.09. The largest absolute Gasteiger partial charge is 0.381 e. The zero-order chi connectivity index (χ0) is 11.1. The molecule has 84 valence electrons. The Kier molecular flexibility index (Phi) is 5.96. The fourth-order valence-electron chi connectivity index (χ4n) is 1.59. The minimum atomic E-state index is 0.575. The molecule has 1 rings (SSSR count). The molecule has 1 aromatic carbocycles. The zero-order valence-electron chi connectivity index (χ0n) is 9.50. The molecule has 0 N–H and O–H groups in total. The topological polar surface area (TPSA) is 9.23 Å². The minimum absolute atomic E-state index is 0.575. The molecule has 0 aliphatic carbocycles. The summed E-state index contributed by atoms with van der Waals surface area (Å²) in [6.45, 7) is 5.85. The van der Waals surface area contributed by atoms with Gasteiger partial charge in [-0.3, -0.25) is 0 Å². The predicted molar refractivity (Wildman–Crippen MR) is 68.7 cm³/mol. The molecule has 0 saturated carbocycles. The average Bonchev–Trinajstić information content (AvgIpc) is 2.26. The van der Waals surface area contributed by atoms with E-state index in [-0.39, 0.29) is 0 Å². The Bertz CT molecular complexity index is 286. The third-order valence-corrected chi connectivity index (χ3v) is 3.46. The van der Waals surface area contributed by atoms with Crippen molar-refractivity contribution in [1.82, 2.24) is 0 Å². The van der Waals surface area contributed by atoms with Crippen molar-refractivity contribution in [2.75, 3.05) is 18.5 Å². The van der Waals surface area contributed by atoms with Crippen molar-refractivity contribution < 1.29 is 4.74 Å². The van der Waals surface area contributed by atoms with Gasteiger partial charge in [-0.1, -0.05) is 40.2 Å². The van der Waals surface area contributed by atoms with Gasteiger partial charge in [0.15, 0.2) is 0 Å². The van der Waals surface area contributed by atoms with Crippen molar-refractivity contribution in [3.05, 3.63) is 35.4 Å². The lowest BCUT2D eigenvalue weighted by molar-refractivity contribution is 0.118. The van der Waals surface area contributed by atoms with Gasteiger partial charge >= 0.3 is 0 Å². The molecule has 0 aliphatic rings. The van der Waals surface area contributed by atoms with Crippen LogP contribution >= 0.6 is 15.9 Å². The Balaban J connectivity index is 2.54. The maximum Gasteiger partial charge on any atom is 0.0505 e. The van der Waals surface area contributed by atoms with E-state index in [0.29, 0.717) is 5.92 Å². The van der Waals surface area contributed by atoms with E-state index in [1.165, 1.54) is 11.1 Å². The van der Waals surface area contributed by atoms with Gasteiger partial charge in [0.05, 0.1) is 6.61 Å². The number of ether oxygens (including phenoxy) is 1. The van der Waals surface area contributed by atoms with Crippen LogP contribution in [0.25, 0.3) is 0 Å². The van der Waals surface area contributed by atoms with E-state index in [2.05, 4.69) is 47.1 Å². The van der Waals surface area contributed by atoms with Crippen LogP contribution in [0.5, 0.6) is 0 Å². The van der Waals surface area contributed by atoms with Crippen molar-refractivity contribution in [2.24, 2.45) is 5.92 Å². The molecule has 0 radical (unpaired) electrons. The van der Waals surface area contributed by atoms with Crippen LogP contribution in [-0.4, -0.2) is 18.5 Å². The lowest BCUT2D eigenvalue weighted by atomic mass is 9.98. The van der Waals surface area contributed by atoms with Crippen molar-refractivity contribution in [1.29, 1.82) is 0 Å². The highest BCUT2D eigenvalue weighted by Crippen LogP contribution is 2.15. The smallest absolute Gasteiger partial charge is 0.0505 e. The van der Waals surface area contributed by atoms with Gasteiger partial charge in [-0.25, -0.2) is 0 Å². The first kappa shape index (κ1) is 12.7. The molecule has 1 nitrogen and oxygen atoms in total. The maximum atomic E-state index is 5.47. The van der Waals surface area contributed by atoms with E-state index >= 15 is 0 Å². The SMILES string of the molecule is CCOCC(CBr)Cc1ccccc1C. The van der Waals surface area contributed by atoms with E-state index in [4.69, 9.17) is 4.74 Å². The first-order valence-corrected chi connectivity index (χ1v) is 6.58. The standard InChI is InChI=1S/C13H19BrO/c1-3-15-10-12(9-14)8-13-7-5-4-6-11(13)2/h4-7,12H,3,8-10H2,1-2H3. The number of hydrogen-bond donors (Lipinski definition) is 0. The average molecular weight is 271 g/mol. The van der Waals surface area contributed by atoms with Crippen LogP contribution in [0.15, 0.2) is 24.3 Å². The Morgan fingerprint density at radius 2 is 2.07 bits per heavy atom. The second-order valence-corrected chi connectivity index (χ2v) is 4.46. The quantitative estimate of drug-likeness (QED) is 0.718. The summed E-state index contributed by atoms with van der Waals surface area (Å²) in [5.74, 6) is 0.575. The Morgan fingerprint density at radius 3 is 2.67 bits per heavy atom. The van der Waals surface area contributed by atoms with E-state index in [1.807, 2.05) is 6.92 Å². The molecular weight excluding hydrogens is 252 g/mol. The van der Waals surface area contributed by atoms with Gasteiger partial charge in [0.1, 0.15) is 0 Å². The van der Waals surface area contributed by atoms with Gasteiger partial charge in [-0.2, -0.15) is 0 Å². The van der Waals surface area contributed by atoms with Gasteiger partial charge in [0, 0.05) is 11.9 Å². The zero-order valence-corrected chi connectivity index (χ0v) is 11.1. The molecule has 0 heterocycles. The number of rotatable bonds is 6. The fraction of sp³-hybridized carbons (Fsp3) is 0.538. The normalized spacial score (nSPS) is 12.7. The number of alkyl halides is 1. The number of hydrogen-bond acceptors (Lipinski definition) is 1. The van der Waals surface area contributed by atoms with Gasteiger partial charge in [-0.15, -0.1) is 0 Å². The lowest BCUT2D eigenvalue weighted by Crippen LogP contribution is -2.14. The van der Waals surface area contributed by atoms with Crippen LogP contribution < -0.4 is 0 Å². The third-order valence-electron chi connectivity index (χ3n) is 2.55. The molecule has 0 fully saturated rings. The first-order valence-electron chi connectivity index (χ1n) is 5.46. The van der Waals surface area contributed by atoms with Crippen LogP contribution in [0, 0.1) is 12.8 Å². The van der Waals surface area contributed by atoms with Crippen LogP contribution in [0.1, 0.15) is 18.1 Å². The number of halogens is 1. The van der Waals surface area contributed by atoms with Gasteiger partial charge in [0.25, 0.3) is 0 Å². The Hall–Kier alpha value is -0.340. The molecule has 1 aromatic rings. The molecule has 0 aromatic heterocycles. The van der Waals surface area contributed by atoms with E-state index in [9.17, 15) is 0 Å². The van der Waals surface area contributed by atoms with Crippen LogP contribution in [0.3, 0.4) is 0 Å². The highest BCUT2D eigenvalue weighted by Gasteiger charge is 2.09. The van der Waals surface area contributed by atoms with Crippen molar-refractivity contribution in [3.8, 4) is 0 Å². The van der Waals surface area contributed by atoms with Crippen molar-refractivity contribution >= 4 is 15.9 Å². The van der Waals surface area contributed by atoms with E-state index in [0.717, 1.165) is 25.0 Å². The molecule has 0 saturated heterocycles. The summed E-state index contributed by atoms with van der Waals surface area (Å²) < 4.78 is 5.47. The predicted octanol–water partition coefficient (Wildman–Crippen LogP) is 3.59. The van der Waals surface area contributed by atoms with Crippen LogP contribution in [-0.2, 0) is 11.2 Å². The summed E-state index contributed by atoms with van der Waals surface area (Å²) >= 11 is 3.55. The van der Waals surface area contributed by atoms with Gasteiger partial charge in [-0.05, 0) is 37.3 Å².